The van der Waals surface area contributed by atoms with Crippen molar-refractivity contribution in [3.8, 4) is 0 Å². The van der Waals surface area contributed by atoms with E-state index in [1.165, 1.54) is 17.8 Å². The molecule has 0 unspecified atom stereocenters. The van der Waals surface area contributed by atoms with Gasteiger partial charge in [0.15, 0.2) is 0 Å². The van der Waals surface area contributed by atoms with Crippen LogP contribution >= 0.6 is 23.4 Å². The van der Waals surface area contributed by atoms with Crippen LogP contribution in [-0.2, 0) is 4.74 Å². The molecule has 2 rings (SSSR count). The van der Waals surface area contributed by atoms with Crippen molar-refractivity contribution in [2.75, 3.05) is 12.3 Å². The van der Waals surface area contributed by atoms with Gasteiger partial charge in [-0.1, -0.05) is 11.6 Å². The van der Waals surface area contributed by atoms with Crippen LogP contribution in [0.2, 0.25) is 5.02 Å². The zero-order valence-electron chi connectivity index (χ0n) is 10.9. The quantitative estimate of drug-likeness (QED) is 0.666. The van der Waals surface area contributed by atoms with Gasteiger partial charge in [-0.25, -0.2) is 9.78 Å². The van der Waals surface area contributed by atoms with E-state index in [0.29, 0.717) is 32.1 Å². The van der Waals surface area contributed by atoms with Crippen LogP contribution in [0.1, 0.15) is 23.1 Å². The number of H-pyrrole nitrogens is 1. The Kier molecular flexibility index (Phi) is 4.51. The third kappa shape index (κ3) is 3.23. The SMILES string of the molecule is CCOC(=O)c1cc(N)cc(Cl)c1Sc1n[nH]c(C)n1. The van der Waals surface area contributed by atoms with Gasteiger partial charge < -0.3 is 10.5 Å². The van der Waals surface area contributed by atoms with Crippen molar-refractivity contribution in [1.29, 1.82) is 0 Å². The Bertz CT molecular complexity index is 644. The number of benzene rings is 1. The highest BCUT2D eigenvalue weighted by molar-refractivity contribution is 7.99. The Morgan fingerprint density at radius 2 is 2.30 bits per heavy atom. The Hall–Kier alpha value is -1.73. The zero-order chi connectivity index (χ0) is 14.7. The molecule has 0 radical (unpaired) electrons. The highest BCUT2D eigenvalue weighted by atomic mass is 35.5. The minimum atomic E-state index is -0.476. The zero-order valence-corrected chi connectivity index (χ0v) is 12.5. The number of nitrogens with zero attached hydrogens (tertiary/aromatic N) is 2. The lowest BCUT2D eigenvalue weighted by Gasteiger charge is -2.10. The smallest absolute Gasteiger partial charge is 0.339 e. The Balaban J connectivity index is 2.42. The maximum absolute atomic E-state index is 12.0. The number of aryl methyl sites for hydroxylation is 1. The molecule has 1 heterocycles. The average Bonchev–Trinajstić information content (AvgIpc) is 2.78. The van der Waals surface area contributed by atoms with E-state index >= 15 is 0 Å². The molecule has 0 spiro atoms. The standard InChI is InChI=1S/C12H13ClN4O2S/c1-3-19-11(18)8-4-7(14)5-9(13)10(8)20-12-15-6(2)16-17-12/h4-5H,3,14H2,1-2H3,(H,15,16,17). The van der Waals surface area contributed by atoms with Crippen molar-refractivity contribution in [3.63, 3.8) is 0 Å². The first kappa shape index (κ1) is 14.7. The van der Waals surface area contributed by atoms with Crippen LogP contribution in [0.25, 0.3) is 0 Å². The first-order valence-electron chi connectivity index (χ1n) is 5.84. The Morgan fingerprint density at radius 1 is 1.55 bits per heavy atom. The number of carbonyl (C=O) groups is 1. The molecule has 0 aliphatic heterocycles. The molecule has 0 atom stereocenters. The normalized spacial score (nSPS) is 10.6. The molecule has 0 saturated heterocycles. The molecule has 0 aliphatic rings. The molecular formula is C12H13ClN4O2S. The van der Waals surface area contributed by atoms with Gasteiger partial charge >= 0.3 is 5.97 Å². The van der Waals surface area contributed by atoms with Crippen LogP contribution in [-0.4, -0.2) is 27.8 Å². The van der Waals surface area contributed by atoms with E-state index in [-0.39, 0.29) is 6.61 Å². The fraction of sp³-hybridized carbons (Fsp3) is 0.250. The van der Waals surface area contributed by atoms with Gasteiger partial charge in [-0.05, 0) is 37.7 Å². The number of rotatable bonds is 4. The predicted molar refractivity (Wildman–Crippen MR) is 77.1 cm³/mol. The summed E-state index contributed by atoms with van der Waals surface area (Å²) >= 11 is 7.34. The second-order valence-corrected chi connectivity index (χ2v) is 5.29. The molecule has 1 aromatic heterocycles. The fourth-order valence-corrected chi connectivity index (χ4v) is 2.75. The number of anilines is 1. The number of aromatic amines is 1. The fourth-order valence-electron chi connectivity index (χ4n) is 1.54. The van der Waals surface area contributed by atoms with E-state index < -0.39 is 5.97 Å². The van der Waals surface area contributed by atoms with Crippen molar-refractivity contribution in [1.82, 2.24) is 15.2 Å². The third-order valence-electron chi connectivity index (χ3n) is 2.33. The molecule has 0 bridgehead atoms. The number of nitrogen functional groups attached to an aromatic ring is 1. The maximum Gasteiger partial charge on any atom is 0.339 e. The lowest BCUT2D eigenvalue weighted by molar-refractivity contribution is 0.0522. The van der Waals surface area contributed by atoms with Gasteiger partial charge in [-0.3, -0.25) is 5.10 Å². The number of esters is 1. The molecular weight excluding hydrogens is 300 g/mol. The van der Waals surface area contributed by atoms with Gasteiger partial charge in [0.25, 0.3) is 0 Å². The molecule has 3 N–H and O–H groups in total. The molecule has 2 aromatic rings. The van der Waals surface area contributed by atoms with E-state index in [0.717, 1.165) is 0 Å². The van der Waals surface area contributed by atoms with Crippen LogP contribution in [0.5, 0.6) is 0 Å². The average molecular weight is 313 g/mol. The molecule has 106 valence electrons. The van der Waals surface area contributed by atoms with Crippen molar-refractivity contribution in [2.45, 2.75) is 23.9 Å². The number of ether oxygens (including phenoxy) is 1. The van der Waals surface area contributed by atoms with Crippen LogP contribution in [0, 0.1) is 6.92 Å². The van der Waals surface area contributed by atoms with E-state index in [1.807, 2.05) is 0 Å². The Labute approximate surface area is 125 Å². The minimum Gasteiger partial charge on any atom is -0.462 e. The third-order valence-corrected chi connectivity index (χ3v) is 3.75. The molecule has 6 nitrogen and oxygen atoms in total. The molecule has 1 aromatic carbocycles. The summed E-state index contributed by atoms with van der Waals surface area (Å²) in [7, 11) is 0. The largest absolute Gasteiger partial charge is 0.462 e. The van der Waals surface area contributed by atoms with Crippen LogP contribution in [0.15, 0.2) is 22.2 Å². The number of hydrogen-bond acceptors (Lipinski definition) is 6. The lowest BCUT2D eigenvalue weighted by atomic mass is 10.2. The molecule has 0 saturated carbocycles. The topological polar surface area (TPSA) is 93.9 Å². The van der Waals surface area contributed by atoms with Gasteiger partial charge in [0.1, 0.15) is 5.82 Å². The summed E-state index contributed by atoms with van der Waals surface area (Å²) in [5, 5.41) is 7.57. The minimum absolute atomic E-state index is 0.273. The number of hydrogen-bond donors (Lipinski definition) is 2. The molecule has 0 fully saturated rings. The highest BCUT2D eigenvalue weighted by Crippen LogP contribution is 2.36. The Morgan fingerprint density at radius 3 is 2.90 bits per heavy atom. The van der Waals surface area contributed by atoms with E-state index in [1.54, 1.807) is 19.9 Å². The number of aromatic nitrogens is 3. The number of nitrogens with one attached hydrogen (secondary N) is 1. The van der Waals surface area contributed by atoms with Gasteiger partial charge in [0.2, 0.25) is 5.16 Å². The van der Waals surface area contributed by atoms with Gasteiger partial charge in [0.05, 0.1) is 17.2 Å². The van der Waals surface area contributed by atoms with Gasteiger partial charge in [-0.15, -0.1) is 5.10 Å². The van der Waals surface area contributed by atoms with Crippen molar-refractivity contribution in [2.24, 2.45) is 0 Å². The summed E-state index contributed by atoms with van der Waals surface area (Å²) in [6.07, 6.45) is 0. The van der Waals surface area contributed by atoms with Crippen LogP contribution in [0.4, 0.5) is 5.69 Å². The highest BCUT2D eigenvalue weighted by Gasteiger charge is 2.19. The number of nitrogens with two attached hydrogens (primary N) is 1. The summed E-state index contributed by atoms with van der Waals surface area (Å²) in [6.45, 7) is 3.79. The van der Waals surface area contributed by atoms with E-state index in [4.69, 9.17) is 22.1 Å². The van der Waals surface area contributed by atoms with Crippen LogP contribution < -0.4 is 5.73 Å². The van der Waals surface area contributed by atoms with Crippen molar-refractivity contribution >= 4 is 35.0 Å². The molecule has 8 heteroatoms. The summed E-state index contributed by atoms with van der Waals surface area (Å²) < 4.78 is 5.01. The summed E-state index contributed by atoms with van der Waals surface area (Å²) in [6, 6.07) is 3.11. The first-order valence-corrected chi connectivity index (χ1v) is 7.03. The van der Waals surface area contributed by atoms with Crippen molar-refractivity contribution < 1.29 is 9.53 Å². The van der Waals surface area contributed by atoms with E-state index in [9.17, 15) is 4.79 Å². The van der Waals surface area contributed by atoms with E-state index in [2.05, 4.69) is 15.2 Å². The second-order valence-electron chi connectivity index (χ2n) is 3.91. The number of halogens is 1. The predicted octanol–water partition coefficient (Wildman–Crippen LogP) is 2.68. The van der Waals surface area contributed by atoms with Crippen LogP contribution in [0.3, 0.4) is 0 Å². The molecule has 0 aliphatic carbocycles. The monoisotopic (exact) mass is 312 g/mol. The van der Waals surface area contributed by atoms with Crippen molar-refractivity contribution in [3.05, 3.63) is 28.5 Å². The molecule has 0 amide bonds. The lowest BCUT2D eigenvalue weighted by Crippen LogP contribution is -2.07. The molecule has 20 heavy (non-hydrogen) atoms. The number of carbonyl (C=O) groups excluding carboxylic acids is 1. The summed E-state index contributed by atoms with van der Waals surface area (Å²) in [5.41, 5.74) is 6.43. The van der Waals surface area contributed by atoms with Gasteiger partial charge in [-0.2, -0.15) is 0 Å². The summed E-state index contributed by atoms with van der Waals surface area (Å²) in [4.78, 5) is 16.7. The summed E-state index contributed by atoms with van der Waals surface area (Å²) in [5.74, 6) is 0.202. The second kappa shape index (κ2) is 6.15. The van der Waals surface area contributed by atoms with Gasteiger partial charge in [0, 0.05) is 10.6 Å². The maximum atomic E-state index is 12.0. The first-order chi connectivity index (χ1) is 9.51.